The van der Waals surface area contributed by atoms with Crippen LogP contribution < -0.4 is 16.0 Å². The number of anilines is 1. The van der Waals surface area contributed by atoms with Crippen molar-refractivity contribution in [2.45, 2.75) is 58.2 Å². The highest BCUT2D eigenvalue weighted by atomic mass is 19.2. The number of amides is 3. The summed E-state index contributed by atoms with van der Waals surface area (Å²) in [4.78, 5) is 30.9. The molecule has 0 fully saturated rings. The molecule has 0 bridgehead atoms. The smallest absolute Gasteiger partial charge is 0.319 e. The monoisotopic (exact) mass is 576 g/mol. The van der Waals surface area contributed by atoms with E-state index in [9.17, 15) is 23.5 Å². The van der Waals surface area contributed by atoms with Gasteiger partial charge in [-0.15, -0.1) is 10.2 Å². The van der Waals surface area contributed by atoms with Crippen LogP contribution in [0.3, 0.4) is 0 Å². The lowest BCUT2D eigenvalue weighted by Gasteiger charge is -2.40. The van der Waals surface area contributed by atoms with E-state index in [1.807, 2.05) is 19.9 Å². The molecule has 5 rings (SSSR count). The van der Waals surface area contributed by atoms with Crippen LogP contribution in [-0.2, 0) is 12.0 Å². The summed E-state index contributed by atoms with van der Waals surface area (Å²) >= 11 is 0. The molecule has 0 aliphatic heterocycles. The Morgan fingerprint density at radius 2 is 1.79 bits per heavy atom. The number of carbonyl (C=O) groups excluding carboxylic acids is 2. The fourth-order valence-corrected chi connectivity index (χ4v) is 5.24. The Labute approximate surface area is 240 Å². The molecule has 42 heavy (non-hydrogen) atoms. The zero-order valence-corrected chi connectivity index (χ0v) is 23.5. The average molecular weight is 577 g/mol. The summed E-state index contributed by atoms with van der Waals surface area (Å²) in [5.74, 6) is -1.92. The maximum Gasteiger partial charge on any atom is 0.319 e. The summed E-state index contributed by atoms with van der Waals surface area (Å²) in [5.41, 5.74) is 2.04. The second kappa shape index (κ2) is 11.3. The number of nitrogens with zero attached hydrogens (tertiary/aromatic N) is 3. The first-order chi connectivity index (χ1) is 19.9. The number of nitrogens with one attached hydrogen (secondary N) is 3. The maximum atomic E-state index is 14.2. The first-order valence-corrected chi connectivity index (χ1v) is 13.3. The molecule has 2 aromatic carbocycles. The van der Waals surface area contributed by atoms with Crippen molar-refractivity contribution in [3.05, 3.63) is 94.3 Å². The van der Waals surface area contributed by atoms with Crippen molar-refractivity contribution in [2.75, 3.05) is 5.32 Å². The van der Waals surface area contributed by atoms with Gasteiger partial charge in [-0.05, 0) is 53.6 Å². The lowest BCUT2D eigenvalue weighted by molar-refractivity contribution is 0.0878. The summed E-state index contributed by atoms with van der Waals surface area (Å²) in [6.07, 6.45) is -0.830. The summed E-state index contributed by atoms with van der Waals surface area (Å²) in [6, 6.07) is 11.0. The molecule has 2 unspecified atom stereocenters. The third-order valence-electron chi connectivity index (χ3n) is 7.24. The standard InChI is InChI=1S/C30H30F2N6O4/c1-15-10-22(34-29(41)36-27-18-11-20(31)21(32)12-19(18)30(3,4)13-23(27)39)26(17-8-6-5-7-9-17)35-25(15)28(40)33-14-24-38-37-16(2)42-24/h5-12,23,27,39H,13-14H2,1-4H3,(H,33,40)(H2,34,36,41). The van der Waals surface area contributed by atoms with Crippen molar-refractivity contribution in [1.82, 2.24) is 25.8 Å². The zero-order chi connectivity index (χ0) is 30.2. The Morgan fingerprint density at radius 1 is 1.07 bits per heavy atom. The summed E-state index contributed by atoms with van der Waals surface area (Å²) in [7, 11) is 0. The molecule has 4 aromatic rings. The van der Waals surface area contributed by atoms with Crippen LogP contribution in [-0.4, -0.2) is 38.3 Å². The van der Waals surface area contributed by atoms with Crippen molar-refractivity contribution in [3.63, 3.8) is 0 Å². The van der Waals surface area contributed by atoms with E-state index < -0.39 is 41.1 Å². The Bertz CT molecular complexity index is 1660. The number of aromatic nitrogens is 3. The van der Waals surface area contributed by atoms with Crippen molar-refractivity contribution < 1.29 is 27.9 Å². The first kappa shape index (κ1) is 28.8. The van der Waals surface area contributed by atoms with Crippen LogP contribution in [0.2, 0.25) is 0 Å². The minimum Gasteiger partial charge on any atom is -0.424 e. The number of hydrogen-bond donors (Lipinski definition) is 4. The van der Waals surface area contributed by atoms with Gasteiger partial charge in [0.2, 0.25) is 11.8 Å². The molecule has 1 aliphatic carbocycles. The fourth-order valence-electron chi connectivity index (χ4n) is 5.24. The van der Waals surface area contributed by atoms with Crippen LogP contribution in [0.1, 0.15) is 65.3 Å². The molecule has 0 saturated heterocycles. The number of pyridine rings is 1. The molecule has 0 spiro atoms. The number of aryl methyl sites for hydroxylation is 2. The molecule has 4 N–H and O–H groups in total. The molecule has 2 heterocycles. The highest BCUT2D eigenvalue weighted by Crippen LogP contribution is 2.42. The Balaban J connectivity index is 1.42. The van der Waals surface area contributed by atoms with Gasteiger partial charge in [-0.3, -0.25) is 4.79 Å². The van der Waals surface area contributed by atoms with Crippen molar-refractivity contribution in [3.8, 4) is 11.3 Å². The van der Waals surface area contributed by atoms with Crippen LogP contribution in [0.5, 0.6) is 0 Å². The SMILES string of the molecule is Cc1nnc(CNC(=O)c2nc(-c3ccccc3)c(NC(=O)NC3c4cc(F)c(F)cc4C(C)(C)CC3O)cc2C)o1. The number of fused-ring (bicyclic) bond motifs is 1. The van der Waals surface area contributed by atoms with E-state index in [0.29, 0.717) is 39.5 Å². The predicted octanol–water partition coefficient (Wildman–Crippen LogP) is 4.86. The lowest BCUT2D eigenvalue weighted by atomic mass is 9.69. The molecule has 3 amide bonds. The summed E-state index contributed by atoms with van der Waals surface area (Å²) in [6.45, 7) is 6.98. The largest absolute Gasteiger partial charge is 0.424 e. The molecule has 10 nitrogen and oxygen atoms in total. The second-order valence-corrected chi connectivity index (χ2v) is 10.9. The number of aliphatic hydroxyl groups is 1. The van der Waals surface area contributed by atoms with Crippen LogP contribution in [0, 0.1) is 25.5 Å². The normalized spacial score (nSPS) is 17.3. The van der Waals surface area contributed by atoms with Crippen LogP contribution >= 0.6 is 0 Å². The molecule has 2 atom stereocenters. The van der Waals surface area contributed by atoms with Gasteiger partial charge in [0.15, 0.2) is 11.6 Å². The quantitative estimate of drug-likeness (QED) is 0.257. The van der Waals surface area contributed by atoms with E-state index in [2.05, 4.69) is 31.1 Å². The van der Waals surface area contributed by atoms with E-state index in [4.69, 9.17) is 4.42 Å². The molecular formula is C30H30F2N6O4. The van der Waals surface area contributed by atoms with E-state index in [1.165, 1.54) is 0 Å². The summed E-state index contributed by atoms with van der Waals surface area (Å²) < 4.78 is 33.7. The number of halogens is 2. The number of carbonyl (C=O) groups is 2. The molecule has 0 radical (unpaired) electrons. The third-order valence-corrected chi connectivity index (χ3v) is 7.24. The van der Waals surface area contributed by atoms with Gasteiger partial charge in [0.1, 0.15) is 5.69 Å². The fraction of sp³-hybridized carbons (Fsp3) is 0.300. The first-order valence-electron chi connectivity index (χ1n) is 13.3. The van der Waals surface area contributed by atoms with E-state index in [1.54, 1.807) is 44.2 Å². The summed E-state index contributed by atoms with van der Waals surface area (Å²) in [5, 5.41) is 26.7. The van der Waals surface area contributed by atoms with Crippen molar-refractivity contribution >= 4 is 17.6 Å². The lowest BCUT2D eigenvalue weighted by Crippen LogP contribution is -2.45. The van der Waals surface area contributed by atoms with Crippen LogP contribution in [0.25, 0.3) is 11.3 Å². The molecule has 218 valence electrons. The average Bonchev–Trinajstić information content (AvgIpc) is 3.36. The molecule has 1 aliphatic rings. The number of urea groups is 1. The van der Waals surface area contributed by atoms with E-state index in [0.717, 1.165) is 12.1 Å². The van der Waals surface area contributed by atoms with Gasteiger partial charge in [0, 0.05) is 12.5 Å². The number of rotatable bonds is 6. The van der Waals surface area contributed by atoms with Gasteiger partial charge in [-0.2, -0.15) is 0 Å². The van der Waals surface area contributed by atoms with Gasteiger partial charge in [0.05, 0.1) is 30.1 Å². The minimum absolute atomic E-state index is 0.0103. The number of aliphatic hydroxyl groups excluding tert-OH is 1. The van der Waals surface area contributed by atoms with Crippen LogP contribution in [0.15, 0.2) is 52.9 Å². The Hall–Kier alpha value is -4.71. The van der Waals surface area contributed by atoms with Gasteiger partial charge < -0.3 is 25.5 Å². The number of hydrogen-bond acceptors (Lipinski definition) is 7. The number of benzene rings is 2. The van der Waals surface area contributed by atoms with Gasteiger partial charge in [-0.1, -0.05) is 44.2 Å². The molecule has 2 aromatic heterocycles. The van der Waals surface area contributed by atoms with Crippen molar-refractivity contribution in [1.29, 1.82) is 0 Å². The minimum atomic E-state index is -1.07. The molecular weight excluding hydrogens is 546 g/mol. The third kappa shape index (κ3) is 5.84. The van der Waals surface area contributed by atoms with Gasteiger partial charge in [-0.25, -0.2) is 18.6 Å². The van der Waals surface area contributed by atoms with Crippen LogP contribution in [0.4, 0.5) is 19.3 Å². The van der Waals surface area contributed by atoms with Gasteiger partial charge >= 0.3 is 6.03 Å². The highest BCUT2D eigenvalue weighted by Gasteiger charge is 2.40. The molecule has 12 heteroatoms. The predicted molar refractivity (Wildman–Crippen MR) is 150 cm³/mol. The second-order valence-electron chi connectivity index (χ2n) is 10.9. The zero-order valence-electron chi connectivity index (χ0n) is 23.5. The Kier molecular flexibility index (Phi) is 7.74. The maximum absolute atomic E-state index is 14.2. The van der Waals surface area contributed by atoms with E-state index in [-0.39, 0.29) is 24.6 Å². The molecule has 0 saturated carbocycles. The topological polar surface area (TPSA) is 142 Å². The van der Waals surface area contributed by atoms with Crippen molar-refractivity contribution in [2.24, 2.45) is 0 Å². The highest BCUT2D eigenvalue weighted by molar-refractivity contribution is 5.98. The Morgan fingerprint density at radius 3 is 2.48 bits per heavy atom. The van der Waals surface area contributed by atoms with Gasteiger partial charge in [0.25, 0.3) is 5.91 Å². The van der Waals surface area contributed by atoms with E-state index >= 15 is 0 Å².